The van der Waals surface area contributed by atoms with Gasteiger partial charge in [-0.2, -0.15) is 0 Å². The van der Waals surface area contributed by atoms with Crippen molar-refractivity contribution < 1.29 is 9.18 Å². The van der Waals surface area contributed by atoms with Crippen LogP contribution in [0, 0.1) is 24.6 Å². The van der Waals surface area contributed by atoms with E-state index in [0.29, 0.717) is 12.0 Å². The third kappa shape index (κ3) is 4.45. The van der Waals surface area contributed by atoms with Crippen molar-refractivity contribution in [2.75, 3.05) is 19.4 Å². The van der Waals surface area contributed by atoms with E-state index in [1.807, 2.05) is 6.92 Å². The van der Waals surface area contributed by atoms with Crippen molar-refractivity contribution in [2.24, 2.45) is 11.8 Å². The molecule has 0 bridgehead atoms. The van der Waals surface area contributed by atoms with E-state index in [0.717, 1.165) is 42.0 Å². The van der Waals surface area contributed by atoms with Crippen LogP contribution in [-0.2, 0) is 11.2 Å². The maximum Gasteiger partial charge on any atom is 0.243 e. The molecule has 1 aromatic rings. The number of hydrogen-bond donors (Lipinski definition) is 2. The minimum absolute atomic E-state index is 0.0296. The summed E-state index contributed by atoms with van der Waals surface area (Å²) in [5, 5.41) is 6.56. The number of nitrogens with one attached hydrogen (secondary N) is 2. The molecule has 2 saturated carbocycles. The monoisotopic (exact) mass is 401 g/mol. The van der Waals surface area contributed by atoms with Gasteiger partial charge >= 0.3 is 0 Å². The first-order valence-corrected chi connectivity index (χ1v) is 11.4. The van der Waals surface area contributed by atoms with Gasteiger partial charge in [-0.1, -0.05) is 18.9 Å². The minimum atomic E-state index is -0.350. The first kappa shape index (κ1) is 20.6. The van der Waals surface area contributed by atoms with Crippen LogP contribution in [0.2, 0.25) is 0 Å². The van der Waals surface area contributed by atoms with Crippen molar-refractivity contribution >= 4 is 11.6 Å². The smallest absolute Gasteiger partial charge is 0.243 e. The van der Waals surface area contributed by atoms with Gasteiger partial charge in [0.2, 0.25) is 5.91 Å². The average molecular weight is 402 g/mol. The van der Waals surface area contributed by atoms with E-state index in [1.54, 1.807) is 6.07 Å². The van der Waals surface area contributed by atoms with Crippen molar-refractivity contribution in [3.8, 4) is 0 Å². The molecule has 29 heavy (non-hydrogen) atoms. The molecule has 3 aliphatic rings. The molecule has 3 unspecified atom stereocenters. The molecule has 3 atom stereocenters. The van der Waals surface area contributed by atoms with Crippen molar-refractivity contribution in [3.63, 3.8) is 0 Å². The number of aryl methyl sites for hydroxylation is 1. The Morgan fingerprint density at radius 2 is 1.86 bits per heavy atom. The van der Waals surface area contributed by atoms with E-state index in [9.17, 15) is 9.18 Å². The Kier molecular flexibility index (Phi) is 6.14. The third-order valence-electron chi connectivity index (χ3n) is 7.71. The molecule has 2 fully saturated rings. The number of carbonyl (C=O) groups is 1. The van der Waals surface area contributed by atoms with Crippen LogP contribution < -0.4 is 10.6 Å². The Labute approximate surface area is 174 Å². The Bertz CT molecular complexity index is 711. The molecular weight excluding hydrogens is 365 g/mol. The van der Waals surface area contributed by atoms with Crippen LogP contribution in [0.3, 0.4) is 0 Å². The van der Waals surface area contributed by atoms with Gasteiger partial charge in [0, 0.05) is 29.8 Å². The molecule has 1 aliphatic heterocycles. The Balaban J connectivity index is 1.30. The average Bonchev–Trinajstić information content (AvgIpc) is 3.18. The molecular formula is C24H36FN3O. The normalized spacial score (nSPS) is 32.0. The Hall–Kier alpha value is -1.62. The SMILES string of the molecule is Cc1ccc(F)c2c1NC(C(=O)NC1CCCC([C@H]3CC[C@@H](N(C)C)CC3)C1)C2. The molecule has 0 saturated heterocycles. The highest BCUT2D eigenvalue weighted by atomic mass is 19.1. The number of amides is 1. The zero-order chi connectivity index (χ0) is 20.5. The van der Waals surface area contributed by atoms with Crippen molar-refractivity contribution in [1.82, 2.24) is 10.2 Å². The molecule has 2 aliphatic carbocycles. The van der Waals surface area contributed by atoms with Crippen LogP contribution >= 0.6 is 0 Å². The standard InChI is InChI=1S/C24H36FN3O/c1-15-7-12-21(25)20-14-22(27-23(15)20)24(29)26-18-6-4-5-17(13-18)16-8-10-19(11-9-16)28(2)3/h7,12,16-19,22,27H,4-6,8-11,13-14H2,1-3H3,(H,26,29)/t16-,17?,18?,19+,22?. The van der Waals surface area contributed by atoms with Gasteiger partial charge in [-0.3, -0.25) is 4.79 Å². The van der Waals surface area contributed by atoms with Crippen LogP contribution in [0.15, 0.2) is 12.1 Å². The number of carbonyl (C=O) groups excluding carboxylic acids is 1. The van der Waals surface area contributed by atoms with Gasteiger partial charge in [0.05, 0.1) is 0 Å². The fourth-order valence-electron chi connectivity index (χ4n) is 5.91. The summed E-state index contributed by atoms with van der Waals surface area (Å²) in [5.41, 5.74) is 2.47. The maximum atomic E-state index is 14.1. The predicted molar refractivity (Wildman–Crippen MR) is 116 cm³/mol. The third-order valence-corrected chi connectivity index (χ3v) is 7.71. The fourth-order valence-corrected chi connectivity index (χ4v) is 5.91. The lowest BCUT2D eigenvalue weighted by Gasteiger charge is -2.40. The molecule has 4 nitrogen and oxygen atoms in total. The summed E-state index contributed by atoms with van der Waals surface area (Å²) in [7, 11) is 4.39. The second-order valence-corrected chi connectivity index (χ2v) is 9.78. The molecule has 2 N–H and O–H groups in total. The summed E-state index contributed by atoms with van der Waals surface area (Å²) >= 11 is 0. The van der Waals surface area contributed by atoms with E-state index in [-0.39, 0.29) is 23.8 Å². The number of hydrogen-bond acceptors (Lipinski definition) is 3. The lowest BCUT2D eigenvalue weighted by Crippen LogP contribution is -2.46. The van der Waals surface area contributed by atoms with Crippen molar-refractivity contribution in [1.29, 1.82) is 0 Å². The van der Waals surface area contributed by atoms with Gasteiger partial charge in [-0.15, -0.1) is 0 Å². The Morgan fingerprint density at radius 3 is 2.55 bits per heavy atom. The van der Waals surface area contributed by atoms with Gasteiger partial charge in [0.15, 0.2) is 0 Å². The number of fused-ring (bicyclic) bond motifs is 1. The zero-order valence-corrected chi connectivity index (χ0v) is 18.1. The highest BCUT2D eigenvalue weighted by Crippen LogP contribution is 2.39. The van der Waals surface area contributed by atoms with Crippen molar-refractivity contribution in [3.05, 3.63) is 29.1 Å². The summed E-state index contributed by atoms with van der Waals surface area (Å²) in [4.78, 5) is 15.3. The molecule has 1 amide bonds. The predicted octanol–water partition coefficient (Wildman–Crippen LogP) is 4.27. The van der Waals surface area contributed by atoms with Gasteiger partial charge in [0.1, 0.15) is 11.9 Å². The van der Waals surface area contributed by atoms with Gasteiger partial charge in [-0.25, -0.2) is 4.39 Å². The maximum absolute atomic E-state index is 14.1. The molecule has 5 heteroatoms. The van der Waals surface area contributed by atoms with Crippen LogP contribution in [0.25, 0.3) is 0 Å². The Morgan fingerprint density at radius 1 is 1.10 bits per heavy atom. The lowest BCUT2D eigenvalue weighted by molar-refractivity contribution is -0.122. The largest absolute Gasteiger partial charge is 0.373 e. The summed E-state index contributed by atoms with van der Waals surface area (Å²) in [6, 6.07) is 3.94. The lowest BCUT2D eigenvalue weighted by atomic mass is 9.71. The minimum Gasteiger partial charge on any atom is -0.373 e. The van der Waals surface area contributed by atoms with Gasteiger partial charge < -0.3 is 15.5 Å². The molecule has 4 rings (SSSR count). The van der Waals surface area contributed by atoms with Crippen LogP contribution in [-0.4, -0.2) is 43.0 Å². The second-order valence-electron chi connectivity index (χ2n) is 9.78. The summed E-state index contributed by atoms with van der Waals surface area (Å²) < 4.78 is 14.1. The quantitative estimate of drug-likeness (QED) is 0.792. The van der Waals surface area contributed by atoms with Crippen LogP contribution in [0.4, 0.5) is 10.1 Å². The summed E-state index contributed by atoms with van der Waals surface area (Å²) in [5.74, 6) is 1.38. The second kappa shape index (κ2) is 8.63. The topological polar surface area (TPSA) is 44.4 Å². The molecule has 1 aromatic carbocycles. The molecule has 0 aromatic heterocycles. The number of benzene rings is 1. The summed E-state index contributed by atoms with van der Waals surface area (Å²) in [6.07, 6.45) is 10.4. The van der Waals surface area contributed by atoms with Gasteiger partial charge in [-0.05, 0) is 83.0 Å². The van der Waals surface area contributed by atoms with E-state index in [1.165, 1.54) is 44.6 Å². The zero-order valence-electron chi connectivity index (χ0n) is 18.1. The van der Waals surface area contributed by atoms with E-state index < -0.39 is 0 Å². The first-order valence-electron chi connectivity index (χ1n) is 11.4. The van der Waals surface area contributed by atoms with Gasteiger partial charge in [0.25, 0.3) is 0 Å². The molecule has 0 spiro atoms. The summed E-state index contributed by atoms with van der Waals surface area (Å²) in [6.45, 7) is 1.96. The molecule has 160 valence electrons. The van der Waals surface area contributed by atoms with Crippen LogP contribution in [0.5, 0.6) is 0 Å². The van der Waals surface area contributed by atoms with E-state index in [2.05, 4.69) is 29.6 Å². The number of halogens is 1. The van der Waals surface area contributed by atoms with Crippen molar-refractivity contribution in [2.45, 2.75) is 82.8 Å². The first-order chi connectivity index (χ1) is 13.9. The van der Waals surface area contributed by atoms with E-state index in [4.69, 9.17) is 0 Å². The molecule has 1 heterocycles. The highest BCUT2D eigenvalue weighted by molar-refractivity contribution is 5.88. The number of anilines is 1. The fraction of sp³-hybridized carbons (Fsp3) is 0.708. The van der Waals surface area contributed by atoms with E-state index >= 15 is 0 Å². The van der Waals surface area contributed by atoms with Crippen LogP contribution in [0.1, 0.15) is 62.5 Å². The number of nitrogens with zero attached hydrogens (tertiary/aromatic N) is 1. The highest BCUT2D eigenvalue weighted by Gasteiger charge is 2.35. The molecule has 0 radical (unpaired) electrons. The number of rotatable bonds is 4.